The Hall–Kier alpha value is -1.02. The molecule has 0 saturated carbocycles. The molecule has 32 heavy (non-hydrogen) atoms. The van der Waals surface area contributed by atoms with Gasteiger partial charge in [-0.3, -0.25) is 9.36 Å². The van der Waals surface area contributed by atoms with Crippen LogP contribution in [0.2, 0.25) is 0 Å². The largest absolute Gasteiger partial charge is 0.360 e. The van der Waals surface area contributed by atoms with Crippen LogP contribution in [0.15, 0.2) is 35.4 Å². The van der Waals surface area contributed by atoms with E-state index in [0.29, 0.717) is 12.8 Å². The standard InChI is InChI=1S/C22H33ClNO6PS/c1-4-7-11-15-29-31(26,30-16-12-8-5-2)22(24-32(27,28)6-3)17-20(23)21(25)18-13-9-10-14-19(18)22/h9-10,13-14,17,24H,4-8,11-12,15-16H2,1-3H3. The van der Waals surface area contributed by atoms with Gasteiger partial charge in [0.05, 0.1) is 24.0 Å². The maximum absolute atomic E-state index is 14.4. The highest BCUT2D eigenvalue weighted by Gasteiger charge is 2.57. The van der Waals surface area contributed by atoms with E-state index in [-0.39, 0.29) is 35.1 Å². The number of fused-ring (bicyclic) bond motifs is 1. The molecule has 1 aromatic carbocycles. The van der Waals surface area contributed by atoms with E-state index in [2.05, 4.69) is 4.72 Å². The predicted molar refractivity (Wildman–Crippen MR) is 128 cm³/mol. The molecule has 1 atom stereocenters. The van der Waals surface area contributed by atoms with Crippen molar-refractivity contribution in [1.82, 2.24) is 4.72 Å². The first-order valence-electron chi connectivity index (χ1n) is 11.1. The molecule has 0 radical (unpaired) electrons. The lowest BCUT2D eigenvalue weighted by molar-refractivity contribution is 0.103. The van der Waals surface area contributed by atoms with Crippen LogP contribution in [-0.2, 0) is 28.9 Å². The van der Waals surface area contributed by atoms with Crippen LogP contribution in [0.4, 0.5) is 0 Å². The van der Waals surface area contributed by atoms with Gasteiger partial charge in [-0.15, -0.1) is 0 Å². The summed E-state index contributed by atoms with van der Waals surface area (Å²) in [5, 5.41) is -2.18. The Kier molecular flexibility index (Phi) is 10.1. The van der Waals surface area contributed by atoms with Gasteiger partial charge in [-0.25, -0.2) is 8.42 Å². The summed E-state index contributed by atoms with van der Waals surface area (Å²) in [6, 6.07) is 6.37. The maximum atomic E-state index is 14.4. The molecule has 0 saturated heterocycles. The van der Waals surface area contributed by atoms with Gasteiger partial charge in [0.15, 0.2) is 5.28 Å². The molecule has 0 spiro atoms. The zero-order valence-electron chi connectivity index (χ0n) is 18.9. The molecule has 1 aromatic rings. The van der Waals surface area contributed by atoms with Crippen LogP contribution in [0.25, 0.3) is 0 Å². The average Bonchev–Trinajstić information content (AvgIpc) is 2.77. The third-order valence-electron chi connectivity index (χ3n) is 5.28. The lowest BCUT2D eigenvalue weighted by atomic mass is 9.92. The summed E-state index contributed by atoms with van der Waals surface area (Å²) in [6.45, 7) is 5.77. The van der Waals surface area contributed by atoms with E-state index < -0.39 is 28.7 Å². The maximum Gasteiger partial charge on any atom is 0.360 e. The Morgan fingerprint density at radius 2 is 1.56 bits per heavy atom. The van der Waals surface area contributed by atoms with Gasteiger partial charge < -0.3 is 9.05 Å². The number of benzene rings is 1. The number of nitrogens with one attached hydrogen (secondary N) is 1. The highest BCUT2D eigenvalue weighted by Crippen LogP contribution is 2.66. The molecule has 1 N–H and O–H groups in total. The Morgan fingerprint density at radius 1 is 1.00 bits per heavy atom. The smallest absolute Gasteiger partial charge is 0.307 e. The molecular weight excluding hydrogens is 473 g/mol. The Balaban J connectivity index is 2.68. The fourth-order valence-electron chi connectivity index (χ4n) is 3.46. The molecule has 0 aromatic heterocycles. The van der Waals surface area contributed by atoms with E-state index in [1.807, 2.05) is 13.8 Å². The molecular formula is C22H33ClNO6PS. The van der Waals surface area contributed by atoms with Crippen molar-refractivity contribution in [3.8, 4) is 0 Å². The average molecular weight is 506 g/mol. The monoisotopic (exact) mass is 505 g/mol. The van der Waals surface area contributed by atoms with Gasteiger partial charge in [0.1, 0.15) is 0 Å². The first-order chi connectivity index (χ1) is 15.2. The van der Waals surface area contributed by atoms with E-state index in [1.54, 1.807) is 18.2 Å². The Bertz CT molecular complexity index is 964. The molecule has 0 aliphatic heterocycles. The van der Waals surface area contributed by atoms with Crippen molar-refractivity contribution in [3.05, 3.63) is 46.5 Å². The minimum absolute atomic E-state index is 0.121. The van der Waals surface area contributed by atoms with E-state index in [0.717, 1.165) is 25.7 Å². The van der Waals surface area contributed by atoms with Crippen molar-refractivity contribution in [2.24, 2.45) is 0 Å². The van der Waals surface area contributed by atoms with Crippen molar-refractivity contribution < 1.29 is 26.8 Å². The van der Waals surface area contributed by atoms with Gasteiger partial charge in [-0.05, 0) is 25.8 Å². The van der Waals surface area contributed by atoms with Gasteiger partial charge in [0.2, 0.25) is 15.8 Å². The highest BCUT2D eigenvalue weighted by molar-refractivity contribution is 7.89. The summed E-state index contributed by atoms with van der Waals surface area (Å²) in [5.74, 6) is -0.737. The highest BCUT2D eigenvalue weighted by atomic mass is 35.5. The normalized spacial score (nSPS) is 19.0. The van der Waals surface area contributed by atoms with Crippen molar-refractivity contribution >= 4 is 35.0 Å². The topological polar surface area (TPSA) is 98.8 Å². The van der Waals surface area contributed by atoms with Crippen LogP contribution in [0, 0.1) is 0 Å². The Labute approximate surface area is 196 Å². The summed E-state index contributed by atoms with van der Waals surface area (Å²) < 4.78 is 54.3. The van der Waals surface area contributed by atoms with Gasteiger partial charge in [-0.2, -0.15) is 4.72 Å². The molecule has 0 heterocycles. The summed E-state index contributed by atoms with van der Waals surface area (Å²) in [7, 11) is -8.13. The van der Waals surface area contributed by atoms with Crippen LogP contribution in [0.1, 0.15) is 75.2 Å². The second-order valence-electron chi connectivity index (χ2n) is 7.72. The molecule has 1 aliphatic rings. The van der Waals surface area contributed by atoms with Crippen molar-refractivity contribution in [3.63, 3.8) is 0 Å². The minimum Gasteiger partial charge on any atom is -0.307 e. The number of hydrogen-bond acceptors (Lipinski definition) is 6. The quantitative estimate of drug-likeness (QED) is 0.257. The minimum atomic E-state index is -4.22. The first kappa shape index (κ1) is 27.2. The number of hydrogen-bond donors (Lipinski definition) is 1. The predicted octanol–water partition coefficient (Wildman–Crippen LogP) is 5.70. The number of carbonyl (C=O) groups is 1. The molecule has 7 nitrogen and oxygen atoms in total. The van der Waals surface area contributed by atoms with Crippen LogP contribution >= 0.6 is 19.2 Å². The lowest BCUT2D eigenvalue weighted by Crippen LogP contribution is -2.48. The van der Waals surface area contributed by atoms with E-state index in [9.17, 15) is 17.8 Å². The number of allylic oxidation sites excluding steroid dienone is 1. The SMILES string of the molecule is CCCCCOP(=O)(OCCCCC)C1(NS(=O)(=O)CC)C=C(Cl)C(=O)c2ccccc21. The molecule has 10 heteroatoms. The molecule has 2 rings (SSSR count). The number of Topliss-reactive ketones (excluding diaryl/α,β-unsaturated/α-hetero) is 1. The number of ketones is 1. The summed E-state index contributed by atoms with van der Waals surface area (Å²) in [4.78, 5) is 12.7. The molecule has 1 aliphatic carbocycles. The molecule has 1 unspecified atom stereocenters. The van der Waals surface area contributed by atoms with Gasteiger partial charge in [0, 0.05) is 11.1 Å². The van der Waals surface area contributed by atoms with Crippen LogP contribution in [0.3, 0.4) is 0 Å². The Morgan fingerprint density at radius 3 is 2.09 bits per heavy atom. The van der Waals surface area contributed by atoms with Crippen LogP contribution < -0.4 is 4.72 Å². The van der Waals surface area contributed by atoms with Crippen molar-refractivity contribution in [2.75, 3.05) is 19.0 Å². The third kappa shape index (κ3) is 6.10. The number of halogens is 1. The number of rotatable bonds is 14. The molecule has 180 valence electrons. The number of carbonyl (C=O) groups excluding carboxylic acids is 1. The fraction of sp³-hybridized carbons (Fsp3) is 0.591. The van der Waals surface area contributed by atoms with Crippen LogP contribution in [-0.4, -0.2) is 33.2 Å². The second-order valence-corrected chi connectivity index (χ2v) is 12.4. The van der Waals surface area contributed by atoms with E-state index in [1.165, 1.54) is 19.1 Å². The lowest BCUT2D eigenvalue weighted by Gasteiger charge is -2.40. The van der Waals surface area contributed by atoms with Gasteiger partial charge in [0.25, 0.3) is 0 Å². The summed E-state index contributed by atoms with van der Waals surface area (Å²) >= 11 is 6.27. The number of unbranched alkanes of at least 4 members (excludes halogenated alkanes) is 4. The van der Waals surface area contributed by atoms with Gasteiger partial charge in [-0.1, -0.05) is 75.4 Å². The van der Waals surface area contributed by atoms with Gasteiger partial charge >= 0.3 is 7.60 Å². The number of sulfonamides is 1. The summed E-state index contributed by atoms with van der Waals surface area (Å²) in [5.41, 5.74) is 0.370. The molecule has 0 amide bonds. The third-order valence-corrected chi connectivity index (χ3v) is 9.49. The first-order valence-corrected chi connectivity index (χ1v) is 14.7. The molecule has 0 fully saturated rings. The van der Waals surface area contributed by atoms with Crippen molar-refractivity contribution in [1.29, 1.82) is 0 Å². The summed E-state index contributed by atoms with van der Waals surface area (Å²) in [6.07, 6.45) is 6.03. The zero-order chi connectivity index (χ0) is 23.8. The fourth-order valence-corrected chi connectivity index (χ4v) is 7.45. The van der Waals surface area contributed by atoms with Crippen molar-refractivity contribution in [2.45, 2.75) is 64.6 Å². The van der Waals surface area contributed by atoms with E-state index in [4.69, 9.17) is 20.6 Å². The van der Waals surface area contributed by atoms with Crippen LogP contribution in [0.5, 0.6) is 0 Å². The molecule has 0 bridgehead atoms. The second kappa shape index (κ2) is 11.9. The van der Waals surface area contributed by atoms with E-state index >= 15 is 0 Å². The zero-order valence-corrected chi connectivity index (χ0v) is 21.4.